The number of hydrogen-bond acceptors (Lipinski definition) is 5. The Bertz CT molecular complexity index is 616. The van der Waals surface area contributed by atoms with Gasteiger partial charge in [0.2, 0.25) is 11.8 Å². The first-order valence-electron chi connectivity index (χ1n) is 8.53. The molecule has 7 nitrogen and oxygen atoms in total. The minimum absolute atomic E-state index is 0.0558. The highest BCUT2D eigenvalue weighted by molar-refractivity contribution is 5.90. The van der Waals surface area contributed by atoms with Crippen LogP contribution in [0.3, 0.4) is 0 Å². The van der Waals surface area contributed by atoms with Crippen LogP contribution in [-0.2, 0) is 30.3 Å². The summed E-state index contributed by atoms with van der Waals surface area (Å²) >= 11 is 0. The van der Waals surface area contributed by atoms with Crippen LogP contribution in [0.15, 0.2) is 30.3 Å². The molecule has 142 valence electrons. The van der Waals surface area contributed by atoms with Crippen LogP contribution in [0.25, 0.3) is 0 Å². The molecule has 0 aliphatic carbocycles. The summed E-state index contributed by atoms with van der Waals surface area (Å²) in [6.45, 7) is 3.58. The Kier molecular flexibility index (Phi) is 9.05. The molecule has 0 heterocycles. The molecule has 0 aromatic heterocycles. The second-order valence-electron chi connectivity index (χ2n) is 6.31. The van der Waals surface area contributed by atoms with Crippen molar-refractivity contribution in [2.24, 2.45) is 5.92 Å². The maximum Gasteiger partial charge on any atom is 0.306 e. The zero-order valence-electron chi connectivity index (χ0n) is 15.4. The molecule has 0 saturated heterocycles. The third-order valence-electron chi connectivity index (χ3n) is 3.84. The van der Waals surface area contributed by atoms with Crippen molar-refractivity contribution in [3.8, 4) is 0 Å². The second-order valence-corrected chi connectivity index (χ2v) is 6.31. The van der Waals surface area contributed by atoms with Gasteiger partial charge in [-0.25, -0.2) is 0 Å². The highest BCUT2D eigenvalue weighted by atomic mass is 16.5. The molecular weight excluding hydrogens is 336 g/mol. The van der Waals surface area contributed by atoms with Gasteiger partial charge < -0.3 is 20.2 Å². The van der Waals surface area contributed by atoms with Gasteiger partial charge in [-0.2, -0.15) is 0 Å². The first kappa shape index (κ1) is 21.3. The maximum atomic E-state index is 12.5. The number of carbonyl (C=O) groups excluding carboxylic acids is 4. The number of benzene rings is 1. The second kappa shape index (κ2) is 11.0. The fourth-order valence-electron chi connectivity index (χ4n) is 2.37. The Hall–Kier alpha value is -2.70. The van der Waals surface area contributed by atoms with Crippen molar-refractivity contribution in [2.45, 2.75) is 45.2 Å². The summed E-state index contributed by atoms with van der Waals surface area (Å²) in [5.41, 5.74) is 0.924. The van der Waals surface area contributed by atoms with Gasteiger partial charge in [-0.05, 0) is 17.9 Å². The van der Waals surface area contributed by atoms with Crippen molar-refractivity contribution in [1.29, 1.82) is 0 Å². The fraction of sp³-hybridized carbons (Fsp3) is 0.474. The van der Waals surface area contributed by atoms with Crippen molar-refractivity contribution in [3.63, 3.8) is 0 Å². The molecule has 2 N–H and O–H groups in total. The van der Waals surface area contributed by atoms with Gasteiger partial charge >= 0.3 is 5.97 Å². The van der Waals surface area contributed by atoms with E-state index in [4.69, 9.17) is 0 Å². The zero-order valence-corrected chi connectivity index (χ0v) is 15.4. The lowest BCUT2D eigenvalue weighted by atomic mass is 10.0. The Labute approximate surface area is 153 Å². The molecule has 0 radical (unpaired) electrons. The number of rotatable bonds is 10. The molecule has 0 aliphatic rings. The van der Waals surface area contributed by atoms with E-state index in [1.54, 1.807) is 13.8 Å². The van der Waals surface area contributed by atoms with Crippen molar-refractivity contribution >= 4 is 24.1 Å². The van der Waals surface area contributed by atoms with Gasteiger partial charge in [-0.15, -0.1) is 0 Å². The number of methoxy groups -OCH3 is 1. The molecule has 7 heteroatoms. The summed E-state index contributed by atoms with van der Waals surface area (Å²) in [6, 6.07) is 7.86. The number of carbonyl (C=O) groups is 4. The lowest BCUT2D eigenvalue weighted by Crippen LogP contribution is -2.52. The number of nitrogens with one attached hydrogen (secondary N) is 2. The number of ether oxygens (including phenoxy) is 1. The summed E-state index contributed by atoms with van der Waals surface area (Å²) in [5.74, 6) is -1.52. The molecule has 0 saturated carbocycles. The van der Waals surface area contributed by atoms with Gasteiger partial charge in [0.25, 0.3) is 0 Å². The van der Waals surface area contributed by atoms with Gasteiger partial charge in [0.15, 0.2) is 0 Å². The molecule has 2 amide bonds. The predicted molar refractivity (Wildman–Crippen MR) is 96.2 cm³/mol. The molecule has 1 aromatic rings. The predicted octanol–water partition coefficient (Wildman–Crippen LogP) is 1.01. The average molecular weight is 362 g/mol. The van der Waals surface area contributed by atoms with Crippen LogP contribution >= 0.6 is 0 Å². The van der Waals surface area contributed by atoms with Gasteiger partial charge in [-0.3, -0.25) is 14.4 Å². The van der Waals surface area contributed by atoms with E-state index in [1.807, 2.05) is 30.3 Å². The minimum atomic E-state index is -0.793. The number of amides is 2. The lowest BCUT2D eigenvalue weighted by molar-refractivity contribution is -0.142. The lowest BCUT2D eigenvalue weighted by Gasteiger charge is -2.23. The molecule has 0 aliphatic heterocycles. The zero-order chi connectivity index (χ0) is 19.5. The van der Waals surface area contributed by atoms with Crippen molar-refractivity contribution < 1.29 is 23.9 Å². The Morgan fingerprint density at radius 1 is 1.08 bits per heavy atom. The quantitative estimate of drug-likeness (QED) is 0.478. The van der Waals surface area contributed by atoms with Gasteiger partial charge in [0, 0.05) is 6.42 Å². The average Bonchev–Trinajstić information content (AvgIpc) is 2.63. The van der Waals surface area contributed by atoms with E-state index >= 15 is 0 Å². The highest BCUT2D eigenvalue weighted by Gasteiger charge is 2.26. The van der Waals surface area contributed by atoms with Crippen molar-refractivity contribution in [1.82, 2.24) is 10.6 Å². The largest absolute Gasteiger partial charge is 0.469 e. The molecule has 0 fully saturated rings. The molecular formula is C19H26N2O5. The summed E-state index contributed by atoms with van der Waals surface area (Å²) in [7, 11) is 1.25. The third kappa shape index (κ3) is 7.46. The van der Waals surface area contributed by atoms with E-state index in [2.05, 4.69) is 15.4 Å². The molecule has 2 atom stereocenters. The number of hydrogen-bond donors (Lipinski definition) is 2. The van der Waals surface area contributed by atoms with E-state index < -0.39 is 29.9 Å². The molecule has 1 rings (SSSR count). The maximum absolute atomic E-state index is 12.5. The number of esters is 1. The standard InChI is InChI=1S/C19H26N2O5/c1-13(2)18(21-16(23)9-10-17(24)26-3)19(25)20-15(12-22)11-14-7-5-4-6-8-14/h4-8,12-13,15,18H,9-11H2,1-3H3,(H,20,25)(H,21,23)/t15?,18-/m0/s1. The van der Waals surface area contributed by atoms with Crippen LogP contribution in [0.4, 0.5) is 0 Å². The van der Waals surface area contributed by atoms with E-state index in [1.165, 1.54) is 7.11 Å². The van der Waals surface area contributed by atoms with E-state index in [9.17, 15) is 19.2 Å². The van der Waals surface area contributed by atoms with Crippen molar-refractivity contribution in [3.05, 3.63) is 35.9 Å². The normalized spacial score (nSPS) is 12.8. The summed E-state index contributed by atoms with van der Waals surface area (Å²) in [6.07, 6.45) is 0.933. The van der Waals surface area contributed by atoms with Crippen molar-refractivity contribution in [2.75, 3.05) is 7.11 Å². The summed E-state index contributed by atoms with van der Waals surface area (Å²) < 4.78 is 4.49. The van der Waals surface area contributed by atoms with Crippen LogP contribution in [0.1, 0.15) is 32.3 Å². The SMILES string of the molecule is COC(=O)CCC(=O)N[C@H](C(=O)NC(C=O)Cc1ccccc1)C(C)C. The Balaban J connectivity index is 2.64. The first-order valence-corrected chi connectivity index (χ1v) is 8.53. The monoisotopic (exact) mass is 362 g/mol. The highest BCUT2D eigenvalue weighted by Crippen LogP contribution is 2.06. The smallest absolute Gasteiger partial charge is 0.306 e. The van der Waals surface area contributed by atoms with Gasteiger partial charge in [-0.1, -0.05) is 44.2 Å². The molecule has 0 bridgehead atoms. The Morgan fingerprint density at radius 3 is 2.27 bits per heavy atom. The Morgan fingerprint density at radius 2 is 1.73 bits per heavy atom. The van der Waals surface area contributed by atoms with Crippen LogP contribution in [0.5, 0.6) is 0 Å². The van der Waals surface area contributed by atoms with Crippen LogP contribution in [0, 0.1) is 5.92 Å². The first-order chi connectivity index (χ1) is 12.4. The number of aldehydes is 1. The molecule has 26 heavy (non-hydrogen) atoms. The van der Waals surface area contributed by atoms with E-state index in [0.29, 0.717) is 12.7 Å². The summed E-state index contributed by atoms with van der Waals surface area (Å²) in [5, 5.41) is 5.28. The minimum Gasteiger partial charge on any atom is -0.469 e. The van der Waals surface area contributed by atoms with Gasteiger partial charge in [0.1, 0.15) is 12.3 Å². The van der Waals surface area contributed by atoms with E-state index in [-0.39, 0.29) is 18.8 Å². The topological polar surface area (TPSA) is 102 Å². The third-order valence-corrected chi connectivity index (χ3v) is 3.84. The van der Waals surface area contributed by atoms with Gasteiger partial charge in [0.05, 0.1) is 19.6 Å². The van der Waals surface area contributed by atoms with Crippen LogP contribution in [0.2, 0.25) is 0 Å². The van der Waals surface area contributed by atoms with E-state index in [0.717, 1.165) is 5.56 Å². The van der Waals surface area contributed by atoms with Crippen LogP contribution < -0.4 is 10.6 Å². The molecule has 0 spiro atoms. The molecule has 1 aromatic carbocycles. The summed E-state index contributed by atoms with van der Waals surface area (Å²) in [4.78, 5) is 46.9. The van der Waals surface area contributed by atoms with Crippen LogP contribution in [-0.4, -0.2) is 43.3 Å². The molecule has 1 unspecified atom stereocenters. The fourth-order valence-corrected chi connectivity index (χ4v) is 2.37.